The zero-order valence-corrected chi connectivity index (χ0v) is 21.6. The fourth-order valence-electron chi connectivity index (χ4n) is 2.56. The van der Waals surface area contributed by atoms with Crippen LogP contribution in [0.1, 0.15) is 64.7 Å². The van der Waals surface area contributed by atoms with Gasteiger partial charge in [0.2, 0.25) is 0 Å². The van der Waals surface area contributed by atoms with Crippen LogP contribution >= 0.6 is 0 Å². The number of hydrogen-bond donors (Lipinski definition) is 2. The van der Waals surface area contributed by atoms with E-state index in [0.29, 0.717) is 12.8 Å². The normalized spacial score (nSPS) is 13.1. The number of ether oxygens (including phenoxy) is 2. The number of aliphatic hydroxyl groups is 2. The minimum absolute atomic E-state index is 0.0464. The van der Waals surface area contributed by atoms with Crippen LogP contribution < -0.4 is 0 Å². The van der Waals surface area contributed by atoms with E-state index in [4.69, 9.17) is 10.2 Å². The van der Waals surface area contributed by atoms with Crippen LogP contribution in [0.4, 0.5) is 0 Å². The number of allylic oxidation sites excluding steroid dienone is 12. The maximum atomic E-state index is 11.6. The molecule has 8 nitrogen and oxygen atoms in total. The second-order valence-corrected chi connectivity index (χ2v) is 7.83. The van der Waals surface area contributed by atoms with E-state index in [0.717, 1.165) is 32.1 Å². The lowest BCUT2D eigenvalue weighted by molar-refractivity contribution is -0.164. The molecule has 37 heavy (non-hydrogen) atoms. The van der Waals surface area contributed by atoms with Gasteiger partial charge < -0.3 is 19.7 Å². The largest absolute Gasteiger partial charge is 0.457 e. The van der Waals surface area contributed by atoms with Crippen molar-refractivity contribution in [3.05, 3.63) is 72.9 Å². The number of rotatable bonds is 20. The van der Waals surface area contributed by atoms with Crippen LogP contribution in [0.15, 0.2) is 72.9 Å². The van der Waals surface area contributed by atoms with Gasteiger partial charge in [-0.3, -0.25) is 14.4 Å². The third kappa shape index (κ3) is 22.8. The van der Waals surface area contributed by atoms with Gasteiger partial charge in [-0.2, -0.15) is 0 Å². The number of aliphatic hydroxyl groups excluding tert-OH is 2. The molecule has 204 valence electrons. The highest BCUT2D eigenvalue weighted by atomic mass is 16.6. The summed E-state index contributed by atoms with van der Waals surface area (Å²) in [6.45, 7) is 0.899. The van der Waals surface area contributed by atoms with Gasteiger partial charge in [-0.25, -0.2) is 4.79 Å². The van der Waals surface area contributed by atoms with Gasteiger partial charge in [-0.15, -0.1) is 0 Å². The van der Waals surface area contributed by atoms with Gasteiger partial charge in [-0.05, 0) is 44.9 Å². The van der Waals surface area contributed by atoms with E-state index in [1.165, 1.54) is 0 Å². The van der Waals surface area contributed by atoms with Crippen LogP contribution in [0.3, 0.4) is 0 Å². The average Bonchev–Trinajstić information content (AvgIpc) is 2.88. The fourth-order valence-corrected chi connectivity index (χ4v) is 2.56. The molecule has 0 heterocycles. The fraction of sp³-hybridized carbons (Fsp3) is 0.448. The minimum atomic E-state index is -1.35. The number of carbonyl (C=O) groups excluding carboxylic acids is 4. The van der Waals surface area contributed by atoms with E-state index in [-0.39, 0.29) is 6.42 Å². The second kappa shape index (κ2) is 24.3. The molecule has 0 amide bonds. The molecule has 0 saturated heterocycles. The van der Waals surface area contributed by atoms with Crippen LogP contribution in [0.2, 0.25) is 0 Å². The molecule has 0 fully saturated rings. The molecule has 0 aromatic carbocycles. The van der Waals surface area contributed by atoms with Gasteiger partial charge in [-0.1, -0.05) is 79.8 Å². The van der Waals surface area contributed by atoms with Gasteiger partial charge in [0.15, 0.2) is 0 Å². The highest BCUT2D eigenvalue weighted by molar-refractivity contribution is 6.36. The average molecular weight is 517 g/mol. The summed E-state index contributed by atoms with van der Waals surface area (Å²) in [6.07, 6.45) is 28.5. The Morgan fingerprint density at radius 1 is 0.703 bits per heavy atom. The number of Topliss-reactive ketones (excluding diaryl/α,β-unsaturated/α-hetero) is 1. The molecule has 0 aliphatic rings. The van der Waals surface area contributed by atoms with E-state index in [1.807, 2.05) is 12.2 Å². The molecular weight excluding hydrogens is 476 g/mol. The van der Waals surface area contributed by atoms with Crippen LogP contribution in [-0.2, 0) is 28.7 Å². The minimum Gasteiger partial charge on any atom is -0.457 e. The Bertz CT molecular complexity index is 846. The van der Waals surface area contributed by atoms with E-state index in [2.05, 4.69) is 71.1 Å². The van der Waals surface area contributed by atoms with E-state index in [1.54, 1.807) is 6.08 Å². The molecule has 0 rings (SSSR count). The Kier molecular flexibility index (Phi) is 22.1. The highest BCUT2D eigenvalue weighted by Crippen LogP contribution is 2.01. The molecule has 0 spiro atoms. The summed E-state index contributed by atoms with van der Waals surface area (Å²) in [7, 11) is 0. The molecular formula is C29H40O8. The quantitative estimate of drug-likeness (QED) is 0.106. The number of ketones is 1. The second-order valence-electron chi connectivity index (χ2n) is 7.83. The first kappa shape index (κ1) is 33.6. The van der Waals surface area contributed by atoms with Crippen LogP contribution in [0.25, 0.3) is 0 Å². The molecule has 0 aliphatic heterocycles. The Morgan fingerprint density at radius 2 is 1.16 bits per heavy atom. The standard InChI is InChI=1S/C29H40O8/c1-2-3-4-5-6-7-8-9-10-11-12-13-14-15-16-17-18-19-20-21-27(33)37-28(34)22-26(32)29(35)36-24-25(31)23-30/h3-4,6-7,9-10,12-13,15-16,18-19,25,30-31H,2,5,8,11,14,17,20-24H2,1H3/b4-3-,7-6-,10-9-,13-12-,16-15-,19-18-. The maximum absolute atomic E-state index is 11.6. The van der Waals surface area contributed by atoms with Crippen molar-refractivity contribution in [3.63, 3.8) is 0 Å². The van der Waals surface area contributed by atoms with Crippen molar-refractivity contribution in [2.24, 2.45) is 0 Å². The summed E-state index contributed by atoms with van der Waals surface area (Å²) in [5.74, 6) is -4.52. The van der Waals surface area contributed by atoms with E-state index in [9.17, 15) is 19.2 Å². The molecule has 1 atom stereocenters. The van der Waals surface area contributed by atoms with Gasteiger partial charge in [0.05, 0.1) is 6.61 Å². The third-order valence-corrected chi connectivity index (χ3v) is 4.49. The van der Waals surface area contributed by atoms with Gasteiger partial charge in [0.1, 0.15) is 19.1 Å². The molecule has 0 radical (unpaired) electrons. The van der Waals surface area contributed by atoms with Crippen molar-refractivity contribution in [3.8, 4) is 0 Å². The zero-order chi connectivity index (χ0) is 27.6. The van der Waals surface area contributed by atoms with Crippen molar-refractivity contribution in [1.82, 2.24) is 0 Å². The van der Waals surface area contributed by atoms with Crippen LogP contribution in [0.5, 0.6) is 0 Å². The monoisotopic (exact) mass is 516 g/mol. The SMILES string of the molecule is CC/C=C\C/C=C\C/C=C\C/C=C\C/C=C\C/C=C\CCC(=O)OC(=O)CC(=O)C(=O)OCC(O)CO. The summed E-state index contributed by atoms with van der Waals surface area (Å²) >= 11 is 0. The summed E-state index contributed by atoms with van der Waals surface area (Å²) in [5, 5.41) is 17.7. The lowest BCUT2D eigenvalue weighted by Gasteiger charge is -2.07. The summed E-state index contributed by atoms with van der Waals surface area (Å²) in [4.78, 5) is 46.1. The summed E-state index contributed by atoms with van der Waals surface area (Å²) in [5.41, 5.74) is 0. The van der Waals surface area contributed by atoms with Crippen LogP contribution in [-0.4, -0.2) is 53.2 Å². The first-order valence-corrected chi connectivity index (χ1v) is 12.5. The Balaban J connectivity index is 3.85. The molecule has 1 unspecified atom stereocenters. The number of esters is 3. The number of hydrogen-bond acceptors (Lipinski definition) is 8. The molecule has 0 saturated carbocycles. The van der Waals surface area contributed by atoms with Crippen molar-refractivity contribution in [2.75, 3.05) is 13.2 Å². The predicted octanol–water partition coefficient (Wildman–Crippen LogP) is 4.39. The zero-order valence-electron chi connectivity index (χ0n) is 21.6. The van der Waals surface area contributed by atoms with Crippen molar-refractivity contribution < 1.29 is 38.9 Å². The Labute approximate surface area is 219 Å². The van der Waals surface area contributed by atoms with Gasteiger partial charge >= 0.3 is 17.9 Å². The number of carbonyl (C=O) groups is 4. The molecule has 0 aliphatic carbocycles. The smallest absolute Gasteiger partial charge is 0.375 e. The topological polar surface area (TPSA) is 127 Å². The van der Waals surface area contributed by atoms with E-state index < -0.39 is 49.4 Å². The Hall–Kier alpha value is -3.36. The van der Waals surface area contributed by atoms with Crippen molar-refractivity contribution >= 4 is 23.7 Å². The third-order valence-electron chi connectivity index (χ3n) is 4.49. The molecule has 8 heteroatoms. The first-order chi connectivity index (χ1) is 17.9. The summed E-state index contributed by atoms with van der Waals surface area (Å²) < 4.78 is 8.91. The lowest BCUT2D eigenvalue weighted by atomic mass is 10.2. The molecule has 0 aromatic heterocycles. The Morgan fingerprint density at radius 3 is 1.62 bits per heavy atom. The van der Waals surface area contributed by atoms with Crippen LogP contribution in [0, 0.1) is 0 Å². The summed E-state index contributed by atoms with van der Waals surface area (Å²) in [6, 6.07) is 0. The molecule has 0 aromatic rings. The lowest BCUT2D eigenvalue weighted by Crippen LogP contribution is -2.27. The molecule has 2 N–H and O–H groups in total. The van der Waals surface area contributed by atoms with E-state index >= 15 is 0 Å². The highest BCUT2D eigenvalue weighted by Gasteiger charge is 2.22. The van der Waals surface area contributed by atoms with Crippen molar-refractivity contribution in [2.45, 2.75) is 70.8 Å². The van der Waals surface area contributed by atoms with Gasteiger partial charge in [0.25, 0.3) is 5.78 Å². The van der Waals surface area contributed by atoms with Gasteiger partial charge in [0, 0.05) is 6.42 Å². The molecule has 0 bridgehead atoms. The predicted molar refractivity (Wildman–Crippen MR) is 142 cm³/mol. The van der Waals surface area contributed by atoms with Crippen molar-refractivity contribution in [1.29, 1.82) is 0 Å². The first-order valence-electron chi connectivity index (χ1n) is 12.5. The maximum Gasteiger partial charge on any atom is 0.375 e.